The van der Waals surface area contributed by atoms with E-state index >= 15 is 0 Å². The van der Waals surface area contributed by atoms with Gasteiger partial charge in [-0.05, 0) is 18.2 Å². The number of nitrogens with one attached hydrogen (secondary N) is 1. The largest absolute Gasteiger partial charge is 0.399 e. The van der Waals surface area contributed by atoms with Crippen molar-refractivity contribution in [3.8, 4) is 6.07 Å². The number of anilines is 2. The molecule has 0 bridgehead atoms. The van der Waals surface area contributed by atoms with Gasteiger partial charge in [0, 0.05) is 38.1 Å². The molecular formula is C15H18ClN5O3S. The maximum atomic E-state index is 12.3. The van der Waals surface area contributed by atoms with Crippen molar-refractivity contribution >= 4 is 38.9 Å². The van der Waals surface area contributed by atoms with E-state index < -0.39 is 15.9 Å². The standard InChI is InChI=1S/C15H18ClN5O3S/c1-25(23,24)21-6-4-20(5-7-21)10-11(9-17)15(22)19-14-3-2-12(18)8-13(14)16/h2-3,8,10H,4-7,18H2,1H3,(H,19,22)/b11-10-. The number of nitriles is 1. The Kier molecular flexibility index (Phi) is 5.89. The SMILES string of the molecule is CS(=O)(=O)N1CCN(/C=C(/C#N)C(=O)Nc2ccc(N)cc2Cl)CC1. The van der Waals surface area contributed by atoms with Crippen molar-refractivity contribution in [2.24, 2.45) is 0 Å². The highest BCUT2D eigenvalue weighted by Crippen LogP contribution is 2.24. The predicted molar refractivity (Wildman–Crippen MR) is 96.2 cm³/mol. The van der Waals surface area contributed by atoms with Crippen LogP contribution < -0.4 is 11.1 Å². The lowest BCUT2D eigenvalue weighted by Gasteiger charge is -2.32. The van der Waals surface area contributed by atoms with Crippen LogP contribution in [-0.2, 0) is 14.8 Å². The number of sulfonamides is 1. The number of carbonyl (C=O) groups is 1. The normalized spacial score (nSPS) is 16.4. The maximum Gasteiger partial charge on any atom is 0.267 e. The minimum absolute atomic E-state index is 0.0966. The molecule has 10 heteroatoms. The van der Waals surface area contributed by atoms with Gasteiger partial charge in [-0.1, -0.05) is 11.6 Å². The Morgan fingerprint density at radius 1 is 1.36 bits per heavy atom. The van der Waals surface area contributed by atoms with Crippen molar-refractivity contribution in [3.63, 3.8) is 0 Å². The number of amides is 1. The van der Waals surface area contributed by atoms with Crippen molar-refractivity contribution in [3.05, 3.63) is 35.0 Å². The summed E-state index contributed by atoms with van der Waals surface area (Å²) in [7, 11) is -3.23. The Morgan fingerprint density at radius 3 is 2.52 bits per heavy atom. The highest BCUT2D eigenvalue weighted by Gasteiger charge is 2.23. The van der Waals surface area contributed by atoms with Gasteiger partial charge in [0.1, 0.15) is 11.6 Å². The van der Waals surface area contributed by atoms with Gasteiger partial charge in [-0.2, -0.15) is 9.57 Å². The first-order valence-corrected chi connectivity index (χ1v) is 9.61. The molecule has 8 nitrogen and oxygen atoms in total. The average molecular weight is 384 g/mol. The van der Waals surface area contributed by atoms with Crippen molar-refractivity contribution in [1.29, 1.82) is 5.26 Å². The zero-order valence-electron chi connectivity index (χ0n) is 13.6. The molecule has 0 unspecified atom stereocenters. The molecule has 3 N–H and O–H groups in total. The van der Waals surface area contributed by atoms with Gasteiger partial charge in [-0.15, -0.1) is 0 Å². The van der Waals surface area contributed by atoms with Crippen molar-refractivity contribution in [2.45, 2.75) is 0 Å². The molecule has 0 saturated carbocycles. The Balaban J connectivity index is 2.05. The molecule has 134 valence electrons. The fraction of sp³-hybridized carbons (Fsp3) is 0.333. The zero-order valence-corrected chi connectivity index (χ0v) is 15.1. The van der Waals surface area contributed by atoms with Crippen LogP contribution in [0, 0.1) is 11.3 Å². The topological polar surface area (TPSA) is 120 Å². The molecule has 0 spiro atoms. The number of carbonyl (C=O) groups excluding carboxylic acids is 1. The number of nitrogen functional groups attached to an aromatic ring is 1. The molecule has 2 rings (SSSR count). The molecule has 1 aromatic rings. The molecule has 1 aliphatic heterocycles. The number of hydrogen-bond acceptors (Lipinski definition) is 6. The average Bonchev–Trinajstić information content (AvgIpc) is 2.54. The lowest BCUT2D eigenvalue weighted by molar-refractivity contribution is -0.112. The van der Waals surface area contributed by atoms with E-state index in [9.17, 15) is 18.5 Å². The van der Waals surface area contributed by atoms with Gasteiger partial charge in [0.2, 0.25) is 10.0 Å². The van der Waals surface area contributed by atoms with Gasteiger partial charge in [-0.3, -0.25) is 4.79 Å². The van der Waals surface area contributed by atoms with Crippen molar-refractivity contribution in [2.75, 3.05) is 43.5 Å². The Morgan fingerprint density at radius 2 is 2.00 bits per heavy atom. The van der Waals surface area contributed by atoms with E-state index in [1.807, 2.05) is 6.07 Å². The summed E-state index contributed by atoms with van der Waals surface area (Å²) in [4.78, 5) is 14.0. The van der Waals surface area contributed by atoms with E-state index in [4.69, 9.17) is 17.3 Å². The van der Waals surface area contributed by atoms with E-state index in [-0.39, 0.29) is 10.6 Å². The summed E-state index contributed by atoms with van der Waals surface area (Å²) in [6.45, 7) is 1.40. The molecule has 1 aromatic carbocycles. The second-order valence-corrected chi connectivity index (χ2v) is 7.94. The molecule has 0 aromatic heterocycles. The quantitative estimate of drug-likeness (QED) is 0.451. The fourth-order valence-corrected chi connectivity index (χ4v) is 3.37. The first-order valence-electron chi connectivity index (χ1n) is 7.38. The van der Waals surface area contributed by atoms with Gasteiger partial charge < -0.3 is 16.0 Å². The van der Waals surface area contributed by atoms with Crippen LogP contribution in [0.1, 0.15) is 0 Å². The number of hydrogen-bond donors (Lipinski definition) is 2. The highest BCUT2D eigenvalue weighted by molar-refractivity contribution is 7.88. The first kappa shape index (κ1) is 19.1. The van der Waals surface area contributed by atoms with Gasteiger partial charge >= 0.3 is 0 Å². The summed E-state index contributed by atoms with van der Waals surface area (Å²) in [5, 5.41) is 12.1. The number of nitrogens with zero attached hydrogens (tertiary/aromatic N) is 3. The summed E-state index contributed by atoms with van der Waals surface area (Å²) in [5.74, 6) is -0.597. The molecule has 1 heterocycles. The van der Waals surface area contributed by atoms with E-state index in [0.29, 0.717) is 37.6 Å². The van der Waals surface area contributed by atoms with Crippen LogP contribution >= 0.6 is 11.6 Å². The third-order valence-electron chi connectivity index (χ3n) is 3.66. The fourth-order valence-electron chi connectivity index (χ4n) is 2.31. The van der Waals surface area contributed by atoms with E-state index in [1.165, 1.54) is 16.6 Å². The zero-order chi connectivity index (χ0) is 18.6. The smallest absolute Gasteiger partial charge is 0.267 e. The van der Waals surface area contributed by atoms with Crippen LogP contribution in [0.25, 0.3) is 0 Å². The molecule has 25 heavy (non-hydrogen) atoms. The molecule has 1 amide bonds. The van der Waals surface area contributed by atoms with Gasteiger partial charge in [0.15, 0.2) is 0 Å². The third kappa shape index (κ3) is 5.09. The minimum Gasteiger partial charge on any atom is -0.399 e. The monoisotopic (exact) mass is 383 g/mol. The summed E-state index contributed by atoms with van der Waals surface area (Å²) in [6, 6.07) is 6.48. The number of halogens is 1. The van der Waals surface area contributed by atoms with Crippen LogP contribution in [0.3, 0.4) is 0 Å². The predicted octanol–water partition coefficient (Wildman–Crippen LogP) is 0.845. The second-order valence-electron chi connectivity index (χ2n) is 5.55. The molecule has 0 aliphatic carbocycles. The van der Waals surface area contributed by atoms with Gasteiger partial charge in [-0.25, -0.2) is 8.42 Å². The summed E-state index contributed by atoms with van der Waals surface area (Å²) < 4.78 is 24.3. The molecule has 1 saturated heterocycles. The van der Waals surface area contributed by atoms with Crippen LogP contribution in [-0.4, -0.2) is 56.0 Å². The summed E-state index contributed by atoms with van der Waals surface area (Å²) in [5.41, 5.74) is 6.31. The molecule has 0 radical (unpaired) electrons. The Labute approximate surface area is 151 Å². The van der Waals surface area contributed by atoms with Gasteiger partial charge in [0.25, 0.3) is 5.91 Å². The Hall–Kier alpha value is -2.28. The third-order valence-corrected chi connectivity index (χ3v) is 5.28. The van der Waals surface area contributed by atoms with Crippen molar-refractivity contribution in [1.82, 2.24) is 9.21 Å². The molecule has 1 fully saturated rings. The maximum absolute atomic E-state index is 12.3. The van der Waals surface area contributed by atoms with E-state index in [1.54, 1.807) is 17.0 Å². The van der Waals surface area contributed by atoms with Gasteiger partial charge in [0.05, 0.1) is 17.0 Å². The highest BCUT2D eigenvalue weighted by atomic mass is 35.5. The minimum atomic E-state index is -3.23. The number of nitrogens with two attached hydrogens (primary N) is 1. The lowest BCUT2D eigenvalue weighted by Crippen LogP contribution is -2.46. The van der Waals surface area contributed by atoms with Crippen molar-refractivity contribution < 1.29 is 13.2 Å². The van der Waals surface area contributed by atoms with E-state index in [2.05, 4.69) is 5.32 Å². The molecular weight excluding hydrogens is 366 g/mol. The van der Waals surface area contributed by atoms with Crippen LogP contribution in [0.15, 0.2) is 30.0 Å². The number of piperazine rings is 1. The number of rotatable bonds is 4. The van der Waals surface area contributed by atoms with Crippen LogP contribution in [0.5, 0.6) is 0 Å². The Bertz CT molecular complexity index is 839. The molecule has 0 atom stereocenters. The first-order chi connectivity index (χ1) is 11.7. The van der Waals surface area contributed by atoms with E-state index in [0.717, 1.165) is 6.26 Å². The van der Waals surface area contributed by atoms with Crippen LogP contribution in [0.2, 0.25) is 5.02 Å². The molecule has 1 aliphatic rings. The summed E-state index contributed by atoms with van der Waals surface area (Å²) in [6.07, 6.45) is 2.59. The number of benzene rings is 1. The summed E-state index contributed by atoms with van der Waals surface area (Å²) >= 11 is 6.00. The lowest BCUT2D eigenvalue weighted by atomic mass is 10.2. The second kappa shape index (κ2) is 7.74. The van der Waals surface area contributed by atoms with Crippen LogP contribution in [0.4, 0.5) is 11.4 Å².